The molecule has 1 aromatic rings. The van der Waals surface area contributed by atoms with E-state index >= 15 is 0 Å². The summed E-state index contributed by atoms with van der Waals surface area (Å²) in [7, 11) is 0. The summed E-state index contributed by atoms with van der Waals surface area (Å²) in [6, 6.07) is 5.59. The Labute approximate surface area is 109 Å². The fourth-order valence-electron chi connectivity index (χ4n) is 1.78. The normalized spacial score (nSPS) is 12.0. The summed E-state index contributed by atoms with van der Waals surface area (Å²) < 4.78 is 0. The highest BCUT2D eigenvalue weighted by atomic mass is 16.2. The van der Waals surface area contributed by atoms with Crippen LogP contribution in [0.1, 0.15) is 37.0 Å². The number of nitrogens with one attached hydrogen (secondary N) is 1. The van der Waals surface area contributed by atoms with E-state index in [1.54, 1.807) is 13.8 Å². The van der Waals surface area contributed by atoms with Gasteiger partial charge in [0.25, 0.3) is 0 Å². The number of amides is 1. The van der Waals surface area contributed by atoms with Gasteiger partial charge in [0.1, 0.15) is 0 Å². The molecule has 0 bridgehead atoms. The highest BCUT2D eigenvalue weighted by Gasteiger charge is 2.13. The zero-order valence-corrected chi connectivity index (χ0v) is 11.5. The van der Waals surface area contributed by atoms with Gasteiger partial charge in [0.05, 0.1) is 12.5 Å². The highest BCUT2D eigenvalue weighted by molar-refractivity contribution is 5.89. The van der Waals surface area contributed by atoms with Crippen LogP contribution in [0.4, 0.5) is 0 Å². The van der Waals surface area contributed by atoms with Gasteiger partial charge >= 0.3 is 0 Å². The predicted octanol–water partition coefficient (Wildman–Crippen LogP) is 2.33. The molecule has 0 fully saturated rings. The minimum atomic E-state index is -0.394. The number of benzene rings is 1. The fraction of sp³-hybridized carbons (Fsp3) is 0.467. The third-order valence-electron chi connectivity index (χ3n) is 3.14. The standard InChI is InChI=1S/C15H21NO2/c1-5-14(17)12(4)16-15(18)9-13-7-6-10(2)11(3)8-13/h6-8,12H,5,9H2,1-4H3,(H,16,18). The molecule has 1 amide bonds. The molecule has 98 valence electrons. The molecular formula is C15H21NO2. The van der Waals surface area contributed by atoms with Crippen molar-refractivity contribution in [2.75, 3.05) is 0 Å². The summed E-state index contributed by atoms with van der Waals surface area (Å²) in [4.78, 5) is 23.2. The molecule has 1 rings (SSSR count). The number of aryl methyl sites for hydroxylation is 2. The van der Waals surface area contributed by atoms with E-state index in [9.17, 15) is 9.59 Å². The van der Waals surface area contributed by atoms with Crippen LogP contribution in [-0.4, -0.2) is 17.7 Å². The molecule has 0 saturated heterocycles. The van der Waals surface area contributed by atoms with Crippen molar-refractivity contribution < 1.29 is 9.59 Å². The Bertz CT molecular complexity index is 452. The number of carbonyl (C=O) groups excluding carboxylic acids is 2. The topological polar surface area (TPSA) is 46.2 Å². The second kappa shape index (κ2) is 6.34. The second-order valence-electron chi connectivity index (χ2n) is 4.70. The second-order valence-corrected chi connectivity index (χ2v) is 4.70. The van der Waals surface area contributed by atoms with E-state index < -0.39 is 6.04 Å². The molecule has 0 aliphatic carbocycles. The Balaban J connectivity index is 2.59. The summed E-state index contributed by atoms with van der Waals surface area (Å²) in [5.74, 6) is -0.0454. The molecule has 1 N–H and O–H groups in total. The summed E-state index contributed by atoms with van der Waals surface area (Å²) in [6.07, 6.45) is 0.771. The van der Waals surface area contributed by atoms with Crippen LogP contribution < -0.4 is 5.32 Å². The molecule has 1 unspecified atom stereocenters. The summed E-state index contributed by atoms with van der Waals surface area (Å²) in [5.41, 5.74) is 3.37. The first kappa shape index (κ1) is 14.4. The molecule has 0 heterocycles. The average Bonchev–Trinajstić information content (AvgIpc) is 2.32. The van der Waals surface area contributed by atoms with Crippen LogP contribution in [0.5, 0.6) is 0 Å². The Morgan fingerprint density at radius 3 is 2.44 bits per heavy atom. The van der Waals surface area contributed by atoms with E-state index in [2.05, 4.69) is 5.32 Å². The highest BCUT2D eigenvalue weighted by Crippen LogP contribution is 2.10. The largest absolute Gasteiger partial charge is 0.346 e. The molecule has 3 heteroatoms. The Morgan fingerprint density at radius 2 is 1.89 bits per heavy atom. The molecule has 0 radical (unpaired) electrons. The number of hydrogen-bond acceptors (Lipinski definition) is 2. The van der Waals surface area contributed by atoms with E-state index in [4.69, 9.17) is 0 Å². The van der Waals surface area contributed by atoms with Crippen molar-refractivity contribution in [2.24, 2.45) is 0 Å². The lowest BCUT2D eigenvalue weighted by Crippen LogP contribution is -2.39. The van der Waals surface area contributed by atoms with E-state index in [0.717, 1.165) is 5.56 Å². The zero-order valence-electron chi connectivity index (χ0n) is 11.5. The molecule has 0 aliphatic heterocycles. The Hall–Kier alpha value is -1.64. The molecule has 1 atom stereocenters. The molecular weight excluding hydrogens is 226 g/mol. The predicted molar refractivity (Wildman–Crippen MR) is 72.5 cm³/mol. The van der Waals surface area contributed by atoms with E-state index in [-0.39, 0.29) is 11.7 Å². The number of carbonyl (C=O) groups is 2. The van der Waals surface area contributed by atoms with Crippen LogP contribution in [-0.2, 0) is 16.0 Å². The van der Waals surface area contributed by atoms with Gasteiger partial charge in [0, 0.05) is 6.42 Å². The van der Waals surface area contributed by atoms with Crippen LogP contribution in [0.2, 0.25) is 0 Å². The van der Waals surface area contributed by atoms with E-state index in [1.165, 1.54) is 11.1 Å². The third kappa shape index (κ3) is 3.99. The lowest BCUT2D eigenvalue weighted by atomic mass is 10.0. The van der Waals surface area contributed by atoms with Crippen molar-refractivity contribution in [3.63, 3.8) is 0 Å². The van der Waals surface area contributed by atoms with Crippen LogP contribution >= 0.6 is 0 Å². The first-order chi connectivity index (χ1) is 8.43. The molecule has 0 spiro atoms. The van der Waals surface area contributed by atoms with Gasteiger partial charge in [-0.05, 0) is 37.5 Å². The van der Waals surface area contributed by atoms with Crippen molar-refractivity contribution >= 4 is 11.7 Å². The van der Waals surface area contributed by atoms with E-state index in [1.807, 2.05) is 32.0 Å². The lowest BCUT2D eigenvalue weighted by molar-refractivity contribution is -0.126. The van der Waals surface area contributed by atoms with Crippen molar-refractivity contribution in [1.29, 1.82) is 0 Å². The number of hydrogen-bond donors (Lipinski definition) is 1. The van der Waals surface area contributed by atoms with E-state index in [0.29, 0.717) is 12.8 Å². The number of rotatable bonds is 5. The SMILES string of the molecule is CCC(=O)C(C)NC(=O)Cc1ccc(C)c(C)c1. The number of Topliss-reactive ketones (excluding diaryl/α,β-unsaturated/α-hetero) is 1. The fourth-order valence-corrected chi connectivity index (χ4v) is 1.78. The van der Waals surface area contributed by atoms with Crippen LogP contribution in [0.25, 0.3) is 0 Å². The van der Waals surface area contributed by atoms with Crippen LogP contribution in [0, 0.1) is 13.8 Å². The summed E-state index contributed by atoms with van der Waals surface area (Å²) in [5, 5.41) is 2.72. The van der Waals surface area contributed by atoms with Gasteiger partial charge in [0.2, 0.25) is 5.91 Å². The van der Waals surface area contributed by atoms with Gasteiger partial charge in [-0.1, -0.05) is 25.1 Å². The van der Waals surface area contributed by atoms with Crippen molar-refractivity contribution in [1.82, 2.24) is 5.32 Å². The van der Waals surface area contributed by atoms with Gasteiger partial charge in [-0.25, -0.2) is 0 Å². The third-order valence-corrected chi connectivity index (χ3v) is 3.14. The molecule has 0 aromatic heterocycles. The van der Waals surface area contributed by atoms with Crippen molar-refractivity contribution in [3.8, 4) is 0 Å². The summed E-state index contributed by atoms with van der Waals surface area (Å²) >= 11 is 0. The van der Waals surface area contributed by atoms with Gasteiger partial charge in [-0.2, -0.15) is 0 Å². The quantitative estimate of drug-likeness (QED) is 0.868. The molecule has 0 saturated carbocycles. The zero-order chi connectivity index (χ0) is 13.7. The average molecular weight is 247 g/mol. The Morgan fingerprint density at radius 1 is 1.22 bits per heavy atom. The number of ketones is 1. The first-order valence-corrected chi connectivity index (χ1v) is 6.32. The minimum Gasteiger partial charge on any atom is -0.346 e. The van der Waals surface area contributed by atoms with Crippen LogP contribution in [0.3, 0.4) is 0 Å². The maximum Gasteiger partial charge on any atom is 0.224 e. The van der Waals surface area contributed by atoms with Gasteiger partial charge in [-0.3, -0.25) is 9.59 Å². The van der Waals surface area contributed by atoms with Gasteiger partial charge < -0.3 is 5.32 Å². The monoisotopic (exact) mass is 247 g/mol. The van der Waals surface area contributed by atoms with Crippen LogP contribution in [0.15, 0.2) is 18.2 Å². The van der Waals surface area contributed by atoms with Crippen molar-refractivity contribution in [2.45, 2.75) is 46.6 Å². The molecule has 3 nitrogen and oxygen atoms in total. The maximum absolute atomic E-state index is 11.8. The molecule has 0 aliphatic rings. The smallest absolute Gasteiger partial charge is 0.224 e. The summed E-state index contributed by atoms with van der Waals surface area (Å²) in [6.45, 7) is 7.60. The minimum absolute atomic E-state index is 0.0587. The lowest BCUT2D eigenvalue weighted by Gasteiger charge is -2.12. The molecule has 1 aromatic carbocycles. The van der Waals surface area contributed by atoms with Crippen molar-refractivity contribution in [3.05, 3.63) is 34.9 Å². The molecule has 18 heavy (non-hydrogen) atoms. The maximum atomic E-state index is 11.8. The van der Waals surface area contributed by atoms with Gasteiger partial charge in [0.15, 0.2) is 5.78 Å². The Kier molecular flexibility index (Phi) is 5.08. The van der Waals surface area contributed by atoms with Gasteiger partial charge in [-0.15, -0.1) is 0 Å². The first-order valence-electron chi connectivity index (χ1n) is 6.32.